The monoisotopic (exact) mass is 496 g/mol. The van der Waals surface area contributed by atoms with Crippen molar-refractivity contribution in [3.63, 3.8) is 0 Å². The van der Waals surface area contributed by atoms with Crippen molar-refractivity contribution in [2.24, 2.45) is 0 Å². The summed E-state index contributed by atoms with van der Waals surface area (Å²) in [5.41, 5.74) is 5.51. The molecule has 0 N–H and O–H groups in total. The highest BCUT2D eigenvalue weighted by molar-refractivity contribution is 5.87. The molecular formula is C32H29FO4. The van der Waals surface area contributed by atoms with Gasteiger partial charge in [0.2, 0.25) is 0 Å². The highest BCUT2D eigenvalue weighted by Gasteiger charge is 2.05. The minimum atomic E-state index is -0.422. The fourth-order valence-electron chi connectivity index (χ4n) is 3.15. The van der Waals surface area contributed by atoms with Crippen molar-refractivity contribution in [1.82, 2.24) is 0 Å². The Labute approximate surface area is 217 Å². The van der Waals surface area contributed by atoms with Gasteiger partial charge in [-0.1, -0.05) is 98.1 Å². The van der Waals surface area contributed by atoms with Gasteiger partial charge in [0.15, 0.2) is 0 Å². The van der Waals surface area contributed by atoms with Crippen molar-refractivity contribution in [3.05, 3.63) is 130 Å². The molecule has 0 saturated carbocycles. The molecular weight excluding hydrogens is 467 g/mol. The Morgan fingerprint density at radius 2 is 1.08 bits per heavy atom. The zero-order chi connectivity index (χ0) is 26.8. The summed E-state index contributed by atoms with van der Waals surface area (Å²) in [5, 5.41) is 0. The Morgan fingerprint density at radius 3 is 1.51 bits per heavy atom. The minimum absolute atomic E-state index is 0.175. The zero-order valence-corrected chi connectivity index (χ0v) is 21.0. The number of carbonyl (C=O) groups is 2. The van der Waals surface area contributed by atoms with Crippen molar-refractivity contribution < 1.29 is 23.5 Å². The van der Waals surface area contributed by atoms with E-state index in [-0.39, 0.29) is 19.0 Å². The van der Waals surface area contributed by atoms with E-state index in [1.54, 1.807) is 26.0 Å². The largest absolute Gasteiger partial charge is 0.457 e. The second-order valence-electron chi connectivity index (χ2n) is 8.64. The Balaban J connectivity index is 1.56. The van der Waals surface area contributed by atoms with Crippen LogP contribution in [0.5, 0.6) is 0 Å². The van der Waals surface area contributed by atoms with E-state index in [9.17, 15) is 14.0 Å². The number of hydrogen-bond donors (Lipinski definition) is 0. The number of benzene rings is 3. The first-order chi connectivity index (χ1) is 17.7. The molecule has 0 fully saturated rings. The molecule has 3 aromatic carbocycles. The summed E-state index contributed by atoms with van der Waals surface area (Å²) in [6.45, 7) is 10.7. The average Bonchev–Trinajstić information content (AvgIpc) is 2.89. The summed E-state index contributed by atoms with van der Waals surface area (Å²) in [6.07, 6.45) is 7.28. The number of hydrogen-bond acceptors (Lipinski definition) is 4. The molecule has 5 heteroatoms. The summed E-state index contributed by atoms with van der Waals surface area (Å²) in [6, 6.07) is 20.1. The lowest BCUT2D eigenvalue weighted by molar-refractivity contribution is -0.141. The molecule has 0 atom stereocenters. The molecule has 0 saturated heterocycles. The molecule has 0 heterocycles. The average molecular weight is 497 g/mol. The van der Waals surface area contributed by atoms with Crippen LogP contribution in [0.3, 0.4) is 0 Å². The van der Waals surface area contributed by atoms with Crippen LogP contribution >= 0.6 is 0 Å². The molecule has 0 spiro atoms. The van der Waals surface area contributed by atoms with Crippen molar-refractivity contribution in [2.45, 2.75) is 27.1 Å². The first kappa shape index (κ1) is 27.1. The molecule has 0 unspecified atom stereocenters. The first-order valence-corrected chi connectivity index (χ1v) is 11.7. The van der Waals surface area contributed by atoms with E-state index >= 15 is 0 Å². The summed E-state index contributed by atoms with van der Waals surface area (Å²) in [4.78, 5) is 23.0. The van der Waals surface area contributed by atoms with Crippen LogP contribution in [0, 0.1) is 5.82 Å². The maximum Gasteiger partial charge on any atom is 0.333 e. The number of carbonyl (C=O) groups excluding carboxylic acids is 2. The van der Waals surface area contributed by atoms with Gasteiger partial charge in [0.25, 0.3) is 0 Å². The van der Waals surface area contributed by atoms with Crippen LogP contribution in [0.2, 0.25) is 0 Å². The highest BCUT2D eigenvalue weighted by atomic mass is 19.1. The lowest BCUT2D eigenvalue weighted by Gasteiger charge is -2.05. The van der Waals surface area contributed by atoms with E-state index in [4.69, 9.17) is 9.47 Å². The summed E-state index contributed by atoms with van der Waals surface area (Å²) < 4.78 is 24.9. The second kappa shape index (κ2) is 13.0. The standard InChI is InChI=1S/C32H29FO4/c1-22(2)31(34)36-20-27-11-6-24(7-12-27)5-10-26-16-18-29(30(33)19-26)17-15-25-8-13-28(14-9-25)21-37-32(35)23(3)4/h5-19H,1,3,20-21H2,2,4H3/b10-5+,17-15+. The number of esters is 2. The van der Waals surface area contributed by atoms with Crippen molar-refractivity contribution in [3.8, 4) is 0 Å². The Kier molecular flexibility index (Phi) is 9.50. The molecule has 0 amide bonds. The quantitative estimate of drug-likeness (QED) is 0.167. The third-order valence-corrected chi connectivity index (χ3v) is 5.34. The van der Waals surface area contributed by atoms with Gasteiger partial charge in [-0.15, -0.1) is 0 Å². The van der Waals surface area contributed by atoms with E-state index in [2.05, 4.69) is 13.2 Å². The van der Waals surface area contributed by atoms with E-state index in [1.807, 2.05) is 72.8 Å². The predicted octanol–water partition coefficient (Wildman–Crippen LogP) is 7.41. The smallest absolute Gasteiger partial charge is 0.333 e. The van der Waals surface area contributed by atoms with Gasteiger partial charge >= 0.3 is 11.9 Å². The Morgan fingerprint density at radius 1 is 0.676 bits per heavy atom. The number of halogens is 1. The van der Waals surface area contributed by atoms with Gasteiger partial charge in [-0.05, 0) is 47.7 Å². The van der Waals surface area contributed by atoms with E-state index < -0.39 is 11.9 Å². The van der Waals surface area contributed by atoms with Crippen molar-refractivity contribution >= 4 is 36.2 Å². The maximum atomic E-state index is 14.7. The third-order valence-electron chi connectivity index (χ3n) is 5.34. The van der Waals surface area contributed by atoms with Crippen LogP contribution in [0.25, 0.3) is 24.3 Å². The van der Waals surface area contributed by atoms with Crippen molar-refractivity contribution in [1.29, 1.82) is 0 Å². The highest BCUT2D eigenvalue weighted by Crippen LogP contribution is 2.17. The molecule has 0 aromatic heterocycles. The van der Waals surface area contributed by atoms with Gasteiger partial charge in [0, 0.05) is 16.7 Å². The topological polar surface area (TPSA) is 52.6 Å². The van der Waals surface area contributed by atoms with Crippen LogP contribution in [0.4, 0.5) is 4.39 Å². The zero-order valence-electron chi connectivity index (χ0n) is 21.0. The van der Waals surface area contributed by atoms with Gasteiger partial charge in [0.1, 0.15) is 19.0 Å². The van der Waals surface area contributed by atoms with Gasteiger partial charge in [0.05, 0.1) is 0 Å². The number of ether oxygens (including phenoxy) is 2. The molecule has 37 heavy (non-hydrogen) atoms. The van der Waals surface area contributed by atoms with Crippen LogP contribution in [-0.4, -0.2) is 11.9 Å². The molecule has 3 rings (SSSR count). The predicted molar refractivity (Wildman–Crippen MR) is 146 cm³/mol. The second-order valence-corrected chi connectivity index (χ2v) is 8.64. The first-order valence-electron chi connectivity index (χ1n) is 11.7. The molecule has 0 radical (unpaired) electrons. The Hall–Kier alpha value is -4.51. The summed E-state index contributed by atoms with van der Waals surface area (Å²) in [7, 11) is 0. The van der Waals surface area contributed by atoms with E-state index in [0.717, 1.165) is 27.8 Å². The van der Waals surface area contributed by atoms with Gasteiger partial charge in [-0.3, -0.25) is 0 Å². The molecule has 188 valence electrons. The summed E-state index contributed by atoms with van der Waals surface area (Å²) >= 11 is 0. The minimum Gasteiger partial charge on any atom is -0.457 e. The van der Waals surface area contributed by atoms with Crippen LogP contribution < -0.4 is 0 Å². The van der Waals surface area contributed by atoms with Crippen molar-refractivity contribution in [2.75, 3.05) is 0 Å². The van der Waals surface area contributed by atoms with Gasteiger partial charge < -0.3 is 9.47 Å². The maximum absolute atomic E-state index is 14.7. The van der Waals surface area contributed by atoms with Crippen LogP contribution in [-0.2, 0) is 32.3 Å². The number of rotatable bonds is 10. The van der Waals surface area contributed by atoms with Gasteiger partial charge in [-0.25, -0.2) is 14.0 Å². The lowest BCUT2D eigenvalue weighted by Crippen LogP contribution is -2.04. The SMILES string of the molecule is C=C(C)C(=O)OCc1ccc(/C=C/c2ccc(/C=C/c3ccc(COC(=O)C(=C)C)cc3)c(F)c2)cc1. The normalized spacial score (nSPS) is 11.0. The fourth-order valence-corrected chi connectivity index (χ4v) is 3.15. The molecule has 4 nitrogen and oxygen atoms in total. The van der Waals surface area contributed by atoms with Crippen LogP contribution in [0.15, 0.2) is 91.0 Å². The molecule has 0 aliphatic rings. The van der Waals surface area contributed by atoms with E-state index in [1.165, 1.54) is 6.07 Å². The summed E-state index contributed by atoms with van der Waals surface area (Å²) in [5.74, 6) is -1.16. The molecule has 0 bridgehead atoms. The third kappa shape index (κ3) is 8.58. The van der Waals surface area contributed by atoms with Crippen LogP contribution in [0.1, 0.15) is 47.2 Å². The molecule has 3 aromatic rings. The fraction of sp³-hybridized carbons (Fsp3) is 0.125. The Bertz CT molecular complexity index is 1350. The molecule has 0 aliphatic carbocycles. The van der Waals surface area contributed by atoms with E-state index in [0.29, 0.717) is 16.7 Å². The molecule has 0 aliphatic heterocycles. The van der Waals surface area contributed by atoms with Gasteiger partial charge in [-0.2, -0.15) is 0 Å². The lowest BCUT2D eigenvalue weighted by atomic mass is 10.1.